The Morgan fingerprint density at radius 2 is 1.46 bits per heavy atom. The number of carbonyl (C=O) groups is 3. The average molecular weight is 380 g/mol. The van der Waals surface area contributed by atoms with E-state index in [9.17, 15) is 14.4 Å². The molecule has 0 aromatic heterocycles. The van der Waals surface area contributed by atoms with Crippen LogP contribution in [0.4, 0.5) is 4.79 Å². The van der Waals surface area contributed by atoms with Gasteiger partial charge in [-0.15, -0.1) is 0 Å². The lowest BCUT2D eigenvalue weighted by Gasteiger charge is -2.19. The molecule has 1 aliphatic heterocycles. The molecule has 0 saturated carbocycles. The molecule has 28 heavy (non-hydrogen) atoms. The summed E-state index contributed by atoms with van der Waals surface area (Å²) in [6.07, 6.45) is 0.118. The first-order chi connectivity index (χ1) is 13.2. The van der Waals surface area contributed by atoms with Crippen molar-refractivity contribution < 1.29 is 19.1 Å². The molecular formula is C22H24N2O4. The number of rotatable bonds is 5. The van der Waals surface area contributed by atoms with Gasteiger partial charge in [0, 0.05) is 13.1 Å². The molecule has 1 N–H and O–H groups in total. The lowest BCUT2D eigenvalue weighted by molar-refractivity contribution is 0.0522. The fourth-order valence-electron chi connectivity index (χ4n) is 3.00. The molecule has 0 spiro atoms. The first kappa shape index (κ1) is 19.6. The van der Waals surface area contributed by atoms with Gasteiger partial charge in [0.05, 0.1) is 11.1 Å². The zero-order valence-corrected chi connectivity index (χ0v) is 16.3. The van der Waals surface area contributed by atoms with E-state index >= 15 is 0 Å². The van der Waals surface area contributed by atoms with Crippen molar-refractivity contribution in [3.05, 3.63) is 70.8 Å². The lowest BCUT2D eigenvalue weighted by atomic mass is 10.1. The summed E-state index contributed by atoms with van der Waals surface area (Å²) in [5, 5.41) is 2.71. The van der Waals surface area contributed by atoms with E-state index in [2.05, 4.69) is 5.32 Å². The van der Waals surface area contributed by atoms with Crippen molar-refractivity contribution in [2.75, 3.05) is 6.54 Å². The Bertz CT molecular complexity index is 862. The second kappa shape index (κ2) is 7.84. The van der Waals surface area contributed by atoms with E-state index in [-0.39, 0.29) is 11.8 Å². The molecule has 1 aliphatic rings. The summed E-state index contributed by atoms with van der Waals surface area (Å²) in [7, 11) is 0. The molecule has 3 amide bonds. The summed E-state index contributed by atoms with van der Waals surface area (Å²) in [5.74, 6) is -0.474. The normalized spacial score (nSPS) is 13.5. The van der Waals surface area contributed by atoms with Gasteiger partial charge >= 0.3 is 6.09 Å². The van der Waals surface area contributed by atoms with Crippen LogP contribution < -0.4 is 5.32 Å². The lowest BCUT2D eigenvalue weighted by Crippen LogP contribution is -2.32. The average Bonchev–Trinajstić information content (AvgIpc) is 2.89. The van der Waals surface area contributed by atoms with E-state index in [0.29, 0.717) is 30.6 Å². The Balaban J connectivity index is 1.52. The Morgan fingerprint density at radius 3 is 2.00 bits per heavy atom. The zero-order valence-electron chi connectivity index (χ0n) is 16.3. The number of amides is 3. The standard InChI is InChI=1S/C22H24N2O4/c1-22(2,3)28-21(27)23-14-16-10-8-15(9-11-16)12-13-24-19(25)17-6-4-5-7-18(17)20(24)26/h4-11H,12-14H2,1-3H3,(H,23,27). The van der Waals surface area contributed by atoms with Crippen molar-refractivity contribution in [1.29, 1.82) is 0 Å². The first-order valence-corrected chi connectivity index (χ1v) is 9.24. The highest BCUT2D eigenvalue weighted by atomic mass is 16.6. The number of alkyl carbamates (subject to hydrolysis) is 1. The maximum atomic E-state index is 12.4. The molecule has 6 heteroatoms. The third-order valence-electron chi connectivity index (χ3n) is 4.36. The molecule has 0 fully saturated rings. The minimum atomic E-state index is -0.530. The Labute approximate surface area is 164 Å². The maximum Gasteiger partial charge on any atom is 0.407 e. The van der Waals surface area contributed by atoms with E-state index in [4.69, 9.17) is 4.74 Å². The number of hydrogen-bond donors (Lipinski definition) is 1. The largest absolute Gasteiger partial charge is 0.444 e. The van der Waals surface area contributed by atoms with Crippen molar-refractivity contribution in [2.45, 2.75) is 39.3 Å². The predicted octanol–water partition coefficient (Wildman–Crippen LogP) is 3.55. The number of ether oxygens (including phenoxy) is 1. The number of carbonyl (C=O) groups excluding carboxylic acids is 3. The minimum absolute atomic E-state index is 0.237. The zero-order chi connectivity index (χ0) is 20.3. The number of imide groups is 1. The van der Waals surface area contributed by atoms with Gasteiger partial charge in [0.25, 0.3) is 11.8 Å². The smallest absolute Gasteiger partial charge is 0.407 e. The molecule has 146 valence electrons. The van der Waals surface area contributed by atoms with Gasteiger partial charge in [0.15, 0.2) is 0 Å². The Hall–Kier alpha value is -3.15. The van der Waals surface area contributed by atoms with Crippen LogP contribution in [0.25, 0.3) is 0 Å². The second-order valence-electron chi connectivity index (χ2n) is 7.73. The minimum Gasteiger partial charge on any atom is -0.444 e. The van der Waals surface area contributed by atoms with Crippen molar-refractivity contribution in [3.8, 4) is 0 Å². The van der Waals surface area contributed by atoms with E-state index < -0.39 is 11.7 Å². The number of nitrogens with one attached hydrogen (secondary N) is 1. The molecule has 2 aromatic carbocycles. The van der Waals surface area contributed by atoms with E-state index in [1.54, 1.807) is 24.3 Å². The van der Waals surface area contributed by atoms with Crippen LogP contribution in [0.3, 0.4) is 0 Å². The molecule has 2 aromatic rings. The fraction of sp³-hybridized carbons (Fsp3) is 0.318. The van der Waals surface area contributed by atoms with Crippen LogP contribution in [0.15, 0.2) is 48.5 Å². The molecule has 6 nitrogen and oxygen atoms in total. The van der Waals surface area contributed by atoms with Crippen molar-refractivity contribution in [2.24, 2.45) is 0 Å². The number of hydrogen-bond acceptors (Lipinski definition) is 4. The van der Waals surface area contributed by atoms with Crippen LogP contribution in [-0.2, 0) is 17.7 Å². The summed E-state index contributed by atoms with van der Waals surface area (Å²) >= 11 is 0. The molecule has 0 aliphatic carbocycles. The quantitative estimate of drug-likeness (QED) is 0.805. The van der Waals surface area contributed by atoms with Crippen LogP contribution in [0.1, 0.15) is 52.6 Å². The Kier molecular flexibility index (Phi) is 5.49. The van der Waals surface area contributed by atoms with Gasteiger partial charge in [0.2, 0.25) is 0 Å². The first-order valence-electron chi connectivity index (χ1n) is 9.24. The predicted molar refractivity (Wildman–Crippen MR) is 105 cm³/mol. The van der Waals surface area contributed by atoms with Crippen LogP contribution in [0.5, 0.6) is 0 Å². The van der Waals surface area contributed by atoms with Gasteiger partial charge in [-0.05, 0) is 50.5 Å². The molecule has 0 radical (unpaired) electrons. The topological polar surface area (TPSA) is 75.7 Å². The van der Waals surface area contributed by atoms with Crippen LogP contribution in [0, 0.1) is 0 Å². The van der Waals surface area contributed by atoms with Crippen LogP contribution in [-0.4, -0.2) is 35.0 Å². The summed E-state index contributed by atoms with van der Waals surface area (Å²) in [6.45, 7) is 6.15. The third-order valence-corrected chi connectivity index (χ3v) is 4.36. The number of fused-ring (bicyclic) bond motifs is 1. The maximum absolute atomic E-state index is 12.4. The van der Waals surface area contributed by atoms with Crippen molar-refractivity contribution in [3.63, 3.8) is 0 Å². The molecule has 3 rings (SSSR count). The van der Waals surface area contributed by atoms with Crippen LogP contribution in [0.2, 0.25) is 0 Å². The highest BCUT2D eigenvalue weighted by Crippen LogP contribution is 2.22. The molecule has 0 saturated heterocycles. The summed E-state index contributed by atoms with van der Waals surface area (Å²) in [5.41, 5.74) is 2.36. The monoisotopic (exact) mass is 380 g/mol. The van der Waals surface area contributed by atoms with Gasteiger partial charge in [-0.3, -0.25) is 14.5 Å². The van der Waals surface area contributed by atoms with E-state index in [1.165, 1.54) is 4.90 Å². The van der Waals surface area contributed by atoms with E-state index in [1.807, 2.05) is 45.0 Å². The summed E-state index contributed by atoms with van der Waals surface area (Å²) < 4.78 is 5.21. The molecular weight excluding hydrogens is 356 g/mol. The highest BCUT2D eigenvalue weighted by Gasteiger charge is 2.34. The second-order valence-corrected chi connectivity index (χ2v) is 7.73. The van der Waals surface area contributed by atoms with Gasteiger partial charge in [-0.25, -0.2) is 4.79 Å². The van der Waals surface area contributed by atoms with Crippen LogP contribution >= 0.6 is 0 Å². The molecule has 1 heterocycles. The number of benzene rings is 2. The summed E-state index contributed by atoms with van der Waals surface area (Å²) in [4.78, 5) is 37.8. The van der Waals surface area contributed by atoms with Gasteiger partial charge in [0.1, 0.15) is 5.60 Å². The molecule has 0 unspecified atom stereocenters. The van der Waals surface area contributed by atoms with Crippen molar-refractivity contribution >= 4 is 17.9 Å². The van der Waals surface area contributed by atoms with E-state index in [0.717, 1.165) is 11.1 Å². The molecule has 0 atom stereocenters. The summed E-state index contributed by atoms with van der Waals surface area (Å²) in [6, 6.07) is 14.6. The fourth-order valence-corrected chi connectivity index (χ4v) is 3.00. The highest BCUT2D eigenvalue weighted by molar-refractivity contribution is 6.21. The van der Waals surface area contributed by atoms with Gasteiger partial charge < -0.3 is 10.1 Å². The van der Waals surface area contributed by atoms with Crippen molar-refractivity contribution in [1.82, 2.24) is 10.2 Å². The third kappa shape index (κ3) is 4.57. The number of nitrogens with zero attached hydrogens (tertiary/aromatic N) is 1. The van der Waals surface area contributed by atoms with Gasteiger partial charge in [-0.1, -0.05) is 36.4 Å². The SMILES string of the molecule is CC(C)(C)OC(=O)NCc1ccc(CCN2C(=O)c3ccccc3C2=O)cc1. The van der Waals surface area contributed by atoms with Gasteiger partial charge in [-0.2, -0.15) is 0 Å². The molecule has 0 bridgehead atoms. The Morgan fingerprint density at radius 1 is 0.929 bits per heavy atom.